The van der Waals surface area contributed by atoms with Gasteiger partial charge in [0.1, 0.15) is 6.33 Å². The first-order valence-electron chi connectivity index (χ1n) is 14.6. The van der Waals surface area contributed by atoms with E-state index in [0.717, 1.165) is 37.8 Å². The zero-order valence-electron chi connectivity index (χ0n) is 23.5. The lowest BCUT2D eigenvalue weighted by atomic mass is 10.0. The molecule has 10 aromatic rings. The Morgan fingerprint density at radius 2 is 1.13 bits per heavy atom. The van der Waals surface area contributed by atoms with E-state index in [4.69, 9.17) is 19.9 Å². The van der Waals surface area contributed by atoms with E-state index in [1.54, 1.807) is 17.7 Å². The first-order chi connectivity index (χ1) is 22.3. The molecule has 0 atom stereocenters. The van der Waals surface area contributed by atoms with Crippen molar-refractivity contribution in [2.45, 2.75) is 0 Å². The van der Waals surface area contributed by atoms with Gasteiger partial charge in [-0.25, -0.2) is 15.0 Å². The summed E-state index contributed by atoms with van der Waals surface area (Å²) in [6.07, 6.45) is 3.59. The Balaban J connectivity index is 1.45. The maximum absolute atomic E-state index is 5.19. The van der Waals surface area contributed by atoms with Crippen LogP contribution in [-0.2, 0) is 0 Å². The molecule has 0 unspecified atom stereocenters. The summed E-state index contributed by atoms with van der Waals surface area (Å²) in [5.74, 6) is 1.86. The molecule has 0 aliphatic heterocycles. The molecule has 0 spiro atoms. The number of benzene rings is 5. The zero-order valence-corrected chi connectivity index (χ0v) is 25.2. The summed E-state index contributed by atoms with van der Waals surface area (Å²) in [5, 5.41) is 5.92. The van der Waals surface area contributed by atoms with Crippen molar-refractivity contribution >= 4 is 85.0 Å². The second-order valence-electron chi connectivity index (χ2n) is 10.9. The standard InChI is InChI=1S/C37H20N6S2/c1-3-11-21(12-4-1)35-40-36(22-13-5-2-6-14-22)42-37(41-35)43-25-17-9-7-15-23(25)28-32(43)29-24-16-8-10-18-26(24)44-34(29)30-31-27(45-33(28)30)19-38-20-39-31/h1-20H. The largest absolute Gasteiger partial charge is 0.277 e. The van der Waals surface area contributed by atoms with E-state index >= 15 is 0 Å². The third-order valence-electron chi connectivity index (χ3n) is 8.40. The summed E-state index contributed by atoms with van der Waals surface area (Å²) in [6, 6.07) is 37.5. The van der Waals surface area contributed by atoms with Crippen molar-refractivity contribution in [2.24, 2.45) is 0 Å². The van der Waals surface area contributed by atoms with E-state index in [9.17, 15) is 0 Å². The summed E-state index contributed by atoms with van der Waals surface area (Å²) in [6.45, 7) is 0. The number of hydrogen-bond donors (Lipinski definition) is 0. The van der Waals surface area contributed by atoms with Crippen LogP contribution >= 0.6 is 22.7 Å². The van der Waals surface area contributed by atoms with Crippen LogP contribution in [0.25, 0.3) is 91.0 Å². The van der Waals surface area contributed by atoms with Gasteiger partial charge in [0.2, 0.25) is 5.95 Å². The molecule has 0 saturated carbocycles. The predicted octanol–water partition coefficient (Wildman–Crippen LogP) is 9.83. The first kappa shape index (κ1) is 24.8. The smallest absolute Gasteiger partial charge is 0.238 e. The van der Waals surface area contributed by atoms with Crippen molar-refractivity contribution in [3.8, 4) is 28.7 Å². The highest BCUT2D eigenvalue weighted by Crippen LogP contribution is 2.51. The highest BCUT2D eigenvalue weighted by atomic mass is 32.1. The average molecular weight is 613 g/mol. The number of hydrogen-bond acceptors (Lipinski definition) is 7. The van der Waals surface area contributed by atoms with Gasteiger partial charge in [0, 0.05) is 58.4 Å². The normalized spacial score (nSPS) is 12.0. The Morgan fingerprint density at radius 1 is 0.533 bits per heavy atom. The molecule has 8 heteroatoms. The minimum Gasteiger partial charge on any atom is -0.277 e. The van der Waals surface area contributed by atoms with Gasteiger partial charge in [-0.3, -0.25) is 4.57 Å². The van der Waals surface area contributed by atoms with E-state index < -0.39 is 0 Å². The lowest BCUT2D eigenvalue weighted by Crippen LogP contribution is -2.06. The van der Waals surface area contributed by atoms with E-state index in [0.29, 0.717) is 17.6 Å². The van der Waals surface area contributed by atoms with E-state index in [1.165, 1.54) is 35.6 Å². The van der Waals surface area contributed by atoms with Gasteiger partial charge >= 0.3 is 0 Å². The molecule has 0 fully saturated rings. The Bertz CT molecular complexity index is 2670. The van der Waals surface area contributed by atoms with Gasteiger partial charge in [-0.15, -0.1) is 22.7 Å². The van der Waals surface area contributed by atoms with Gasteiger partial charge in [0.25, 0.3) is 0 Å². The molecule has 0 N–H and O–H groups in total. The molecule has 0 bridgehead atoms. The summed E-state index contributed by atoms with van der Waals surface area (Å²) in [4.78, 5) is 24.5. The van der Waals surface area contributed by atoms with Crippen LogP contribution < -0.4 is 0 Å². The Labute approximate surface area is 263 Å². The molecule has 0 amide bonds. The molecule has 10 rings (SSSR count). The molecule has 5 aromatic carbocycles. The molecule has 210 valence electrons. The summed E-state index contributed by atoms with van der Waals surface area (Å²) >= 11 is 3.57. The van der Waals surface area contributed by atoms with Crippen LogP contribution in [-0.4, -0.2) is 29.5 Å². The molecule has 0 aliphatic rings. The minimum absolute atomic E-state index is 0.589. The van der Waals surface area contributed by atoms with Gasteiger partial charge in [-0.05, 0) is 12.1 Å². The van der Waals surface area contributed by atoms with Crippen LogP contribution in [0.5, 0.6) is 0 Å². The van der Waals surface area contributed by atoms with Gasteiger partial charge in [0.15, 0.2) is 11.6 Å². The lowest BCUT2D eigenvalue weighted by Gasteiger charge is -2.11. The van der Waals surface area contributed by atoms with Gasteiger partial charge < -0.3 is 0 Å². The van der Waals surface area contributed by atoms with Crippen LogP contribution in [0.1, 0.15) is 0 Å². The molecular weight excluding hydrogens is 593 g/mol. The second kappa shape index (κ2) is 9.46. The Kier molecular flexibility index (Phi) is 5.22. The molecule has 6 nitrogen and oxygen atoms in total. The third-order valence-corrected chi connectivity index (χ3v) is 10.7. The highest BCUT2D eigenvalue weighted by Gasteiger charge is 2.26. The quantitative estimate of drug-likeness (QED) is 0.199. The summed E-state index contributed by atoms with van der Waals surface area (Å²) in [5.41, 5.74) is 5.02. The number of thiophene rings is 2. The van der Waals surface area contributed by atoms with Crippen molar-refractivity contribution < 1.29 is 0 Å². The van der Waals surface area contributed by atoms with Gasteiger partial charge in [-0.1, -0.05) is 97.1 Å². The third kappa shape index (κ3) is 3.58. The SMILES string of the molecule is c1ccc(-c2nc(-c3ccccc3)nc(-n3c4ccccc4c4c5sc6cncnc6c5c5sc6ccccc6c5c43)n2)cc1. The molecular formula is C37H20N6S2. The Morgan fingerprint density at radius 3 is 1.87 bits per heavy atom. The van der Waals surface area contributed by atoms with Crippen molar-refractivity contribution in [3.63, 3.8) is 0 Å². The Hall–Kier alpha value is -5.57. The van der Waals surface area contributed by atoms with E-state index in [-0.39, 0.29) is 0 Å². The molecule has 45 heavy (non-hydrogen) atoms. The summed E-state index contributed by atoms with van der Waals surface area (Å²) in [7, 11) is 0. The van der Waals surface area contributed by atoms with Crippen molar-refractivity contribution in [1.82, 2.24) is 29.5 Å². The fraction of sp³-hybridized carbons (Fsp3) is 0. The second-order valence-corrected chi connectivity index (χ2v) is 13.0. The number of aromatic nitrogens is 6. The number of rotatable bonds is 3. The van der Waals surface area contributed by atoms with Crippen LogP contribution in [0.4, 0.5) is 0 Å². The molecule has 5 aromatic heterocycles. The lowest BCUT2D eigenvalue weighted by molar-refractivity contribution is 0.955. The average Bonchev–Trinajstić information content (AvgIpc) is 3.78. The van der Waals surface area contributed by atoms with Crippen LogP contribution in [0.15, 0.2) is 122 Å². The van der Waals surface area contributed by atoms with E-state index in [2.05, 4.69) is 58.1 Å². The van der Waals surface area contributed by atoms with Crippen LogP contribution in [0.3, 0.4) is 0 Å². The molecule has 0 radical (unpaired) electrons. The fourth-order valence-electron chi connectivity index (χ4n) is 6.50. The first-order valence-corrected chi connectivity index (χ1v) is 16.2. The molecule has 5 heterocycles. The maximum atomic E-state index is 5.19. The maximum Gasteiger partial charge on any atom is 0.238 e. The van der Waals surface area contributed by atoms with Crippen molar-refractivity contribution in [2.75, 3.05) is 0 Å². The minimum atomic E-state index is 0.589. The monoisotopic (exact) mass is 612 g/mol. The van der Waals surface area contributed by atoms with Crippen LogP contribution in [0, 0.1) is 0 Å². The van der Waals surface area contributed by atoms with Crippen molar-refractivity contribution in [1.29, 1.82) is 0 Å². The highest BCUT2D eigenvalue weighted by molar-refractivity contribution is 7.30. The topological polar surface area (TPSA) is 69.4 Å². The number of fused-ring (bicyclic) bond motifs is 12. The summed E-state index contributed by atoms with van der Waals surface area (Å²) < 4.78 is 6.98. The number of nitrogens with zero attached hydrogens (tertiary/aromatic N) is 6. The fourth-order valence-corrected chi connectivity index (χ4v) is 9.02. The van der Waals surface area contributed by atoms with Gasteiger partial charge in [-0.2, -0.15) is 9.97 Å². The zero-order chi connectivity index (χ0) is 29.5. The molecule has 0 saturated heterocycles. The van der Waals surface area contributed by atoms with Gasteiger partial charge in [0.05, 0.1) is 21.3 Å². The van der Waals surface area contributed by atoms with Crippen molar-refractivity contribution in [3.05, 3.63) is 122 Å². The van der Waals surface area contributed by atoms with E-state index in [1.807, 2.05) is 78.2 Å². The molecule has 0 aliphatic carbocycles. The number of para-hydroxylation sites is 1. The predicted molar refractivity (Wildman–Crippen MR) is 186 cm³/mol. The van der Waals surface area contributed by atoms with Crippen LogP contribution in [0.2, 0.25) is 0 Å².